The molecule has 0 bridgehead atoms. The van der Waals surface area contributed by atoms with Crippen LogP contribution in [0.4, 0.5) is 0 Å². The average Bonchev–Trinajstić information content (AvgIpc) is 3.28. The molecule has 0 saturated heterocycles. The smallest absolute Gasteiger partial charge is 0.144 e. The van der Waals surface area contributed by atoms with Gasteiger partial charge in [0.05, 0.1) is 0 Å². The van der Waals surface area contributed by atoms with Crippen LogP contribution in [0.3, 0.4) is 0 Å². The van der Waals surface area contributed by atoms with Crippen LogP contribution in [-0.2, 0) is 99.6 Å². The van der Waals surface area contributed by atoms with E-state index in [-0.39, 0.29) is 75.0 Å². The van der Waals surface area contributed by atoms with Gasteiger partial charge in [-0.1, -0.05) is 146 Å². The molecule has 8 rings (SSSR count). The van der Waals surface area contributed by atoms with Crippen molar-refractivity contribution in [2.45, 2.75) is 0 Å². The summed E-state index contributed by atoms with van der Waals surface area (Å²) >= 11 is -0.614. The van der Waals surface area contributed by atoms with Crippen molar-refractivity contribution in [1.29, 1.82) is 0 Å². The van der Waals surface area contributed by atoms with Crippen molar-refractivity contribution in [2.75, 3.05) is 0 Å². The van der Waals surface area contributed by atoms with Crippen molar-refractivity contribution in [3.05, 3.63) is 263 Å². The predicted octanol–water partition coefficient (Wildman–Crippen LogP) is 8.89. The van der Waals surface area contributed by atoms with Crippen LogP contribution in [0.5, 0.6) is 0 Å². The summed E-state index contributed by atoms with van der Waals surface area (Å²) in [6, 6.07) is 87.7. The van der Waals surface area contributed by atoms with Crippen LogP contribution in [0.1, 0.15) is 0 Å². The molecule has 0 atom stereocenters. The monoisotopic (exact) mass is 1250 g/mol. The van der Waals surface area contributed by atoms with Crippen LogP contribution in [0, 0.1) is 0 Å². The molecule has 0 aliphatic rings. The quantitative estimate of drug-likeness (QED) is 0.0581. The molecule has 0 aromatic heterocycles. The molecule has 8 heteroatoms. The fraction of sp³-hybridized carbons (Fsp3) is 0. The number of hydrogen-bond acceptors (Lipinski definition) is 4. The molecule has 0 saturated carbocycles. The van der Waals surface area contributed by atoms with E-state index in [1.807, 2.05) is 7.17 Å². The molecule has 0 nitrogen and oxygen atoms in total. The summed E-state index contributed by atoms with van der Waals surface area (Å²) in [6.45, 7) is 7.16. The predicted molar refractivity (Wildman–Crippen MR) is 278 cm³/mol. The van der Waals surface area contributed by atoms with Gasteiger partial charge in [-0.15, -0.1) is 0 Å². The van der Waals surface area contributed by atoms with Crippen LogP contribution < -0.4 is 42.4 Å². The summed E-state index contributed by atoms with van der Waals surface area (Å²) in [6.07, 6.45) is 0. The van der Waals surface area contributed by atoms with Crippen LogP contribution in [0.25, 0.3) is 0 Å². The van der Waals surface area contributed by atoms with Crippen molar-refractivity contribution < 1.29 is 45.6 Å². The molecule has 8 aromatic carbocycles. The number of benzene rings is 8. The third-order valence-corrected chi connectivity index (χ3v) is 20.7. The molecule has 0 N–H and O–H groups in total. The third-order valence-electron chi connectivity index (χ3n) is 9.48. The second kappa shape index (κ2) is 29.4. The van der Waals surface area contributed by atoms with Gasteiger partial charge < -0.3 is 54.0 Å². The molecule has 0 amide bonds. The van der Waals surface area contributed by atoms with Gasteiger partial charge in [0.15, 0.2) is 0 Å². The van der Waals surface area contributed by atoms with Crippen LogP contribution in [0.2, 0.25) is 0 Å². The first-order chi connectivity index (χ1) is 27.3. The number of rotatable bonds is 10. The Kier molecular flexibility index (Phi) is 27.0. The minimum Gasteiger partial charge on any atom is -0.813 e. The SMILES string of the molecule is C=[CH][Hg][CH]=C.[SH-].[SH-].[SH-].[SH-].[W].c1ccc([P+](c2ccccc2)(c2ccccc2)c2ccccc2)cc1.c1ccc([P+](c2ccccc2)(c2ccccc2)c2ccccc2)cc1. The number of hydrogen-bond donors (Lipinski definition) is 0. The molecule has 0 spiro atoms. The second-order valence-corrected chi connectivity index (χ2v) is 26.0. The van der Waals surface area contributed by atoms with Crippen molar-refractivity contribution in [3.8, 4) is 0 Å². The van der Waals surface area contributed by atoms with E-state index >= 15 is 0 Å². The minimum atomic E-state index is -1.91. The topological polar surface area (TPSA) is 0 Å². The van der Waals surface area contributed by atoms with E-state index in [0.717, 1.165) is 0 Å². The van der Waals surface area contributed by atoms with E-state index in [0.29, 0.717) is 0 Å². The van der Waals surface area contributed by atoms with Crippen molar-refractivity contribution >= 4 is 111 Å². The maximum atomic E-state index is 3.58. The Morgan fingerprint density at radius 1 is 0.250 bits per heavy atom. The van der Waals surface area contributed by atoms with Gasteiger partial charge in [-0.2, -0.15) is 0 Å². The standard InChI is InChI=1S/2C24H20P.2C2H3.Hg.4H2S.W/c2*1-5-13-21(14-6-1)25(22-15-7-2-8-16-22,23-17-9-3-10-18-23)24-19-11-4-12-20-24;2*1-2;;;;;;/h2*1-20H;2*1H,2H2;;4*1H2;/q2*+1;;;;;;;;/p-4. The van der Waals surface area contributed by atoms with Crippen molar-refractivity contribution in [2.24, 2.45) is 0 Å². The molecule has 302 valence electrons. The summed E-state index contributed by atoms with van der Waals surface area (Å²) in [7, 11) is -3.81. The van der Waals surface area contributed by atoms with Crippen molar-refractivity contribution in [3.63, 3.8) is 0 Å². The third kappa shape index (κ3) is 13.1. The van der Waals surface area contributed by atoms with Gasteiger partial charge in [-0.3, -0.25) is 0 Å². The van der Waals surface area contributed by atoms with Crippen molar-refractivity contribution in [1.82, 2.24) is 0 Å². The molecule has 8 aromatic rings. The van der Waals surface area contributed by atoms with E-state index in [1.165, 1.54) is 42.4 Å². The van der Waals surface area contributed by atoms with E-state index in [2.05, 4.69) is 256 Å². The Bertz CT molecular complexity index is 1820. The Morgan fingerprint density at radius 3 is 0.450 bits per heavy atom. The molecule has 60 heavy (non-hydrogen) atoms. The first kappa shape index (κ1) is 55.1. The zero-order valence-corrected chi connectivity index (χ0v) is 47.3. The fourth-order valence-corrected chi connectivity index (χ4v) is 16.6. The zero-order chi connectivity index (χ0) is 38.0. The Hall–Kier alpha value is -2.88. The molecule has 0 unspecified atom stereocenters. The van der Waals surface area contributed by atoms with Gasteiger partial charge in [-0.25, -0.2) is 0 Å². The second-order valence-electron chi connectivity index (χ2n) is 12.8. The molecule has 0 heterocycles. The zero-order valence-electron chi connectivity index (χ0n) is 33.5. The molecule has 0 aliphatic carbocycles. The number of thiol groups is 4. The van der Waals surface area contributed by atoms with Crippen LogP contribution in [-0.4, -0.2) is 0 Å². The summed E-state index contributed by atoms with van der Waals surface area (Å²) in [5.41, 5.74) is 0. The van der Waals surface area contributed by atoms with Gasteiger partial charge >= 0.3 is 44.9 Å². The molecular weight excluding hydrogens is 1200 g/mol. The average molecular weight is 1250 g/mol. The van der Waals surface area contributed by atoms with E-state index in [4.69, 9.17) is 0 Å². The van der Waals surface area contributed by atoms with Crippen LogP contribution >= 0.6 is 14.5 Å². The normalized spacial score (nSPS) is 9.73. The van der Waals surface area contributed by atoms with E-state index < -0.39 is 39.1 Å². The van der Waals surface area contributed by atoms with E-state index in [1.54, 1.807) is 0 Å². The van der Waals surface area contributed by atoms with Gasteiger partial charge in [0.25, 0.3) is 0 Å². The molecule has 0 fully saturated rings. The van der Waals surface area contributed by atoms with Gasteiger partial charge in [0.1, 0.15) is 57.0 Å². The van der Waals surface area contributed by atoms with Gasteiger partial charge in [0.2, 0.25) is 0 Å². The summed E-state index contributed by atoms with van der Waals surface area (Å²) in [4.78, 5) is 0. The largest absolute Gasteiger partial charge is 0.813 e. The Balaban J connectivity index is 0.000000502. The van der Waals surface area contributed by atoms with E-state index in [9.17, 15) is 0 Å². The first-order valence-corrected chi connectivity index (χ1v) is 28.6. The Morgan fingerprint density at radius 2 is 0.367 bits per heavy atom. The summed E-state index contributed by atoms with van der Waals surface area (Å²) in [5, 5.41) is 11.1. The Labute approximate surface area is 415 Å². The minimum absolute atomic E-state index is 0. The fourth-order valence-electron chi connectivity index (χ4n) is 7.12. The maximum absolute atomic E-state index is 3.58. The molecule has 0 radical (unpaired) electrons. The van der Waals surface area contributed by atoms with Crippen LogP contribution in [0.15, 0.2) is 263 Å². The molecular formula is C52H50HgP2S4W-2. The summed E-state index contributed by atoms with van der Waals surface area (Å²) in [5.74, 6) is 0. The van der Waals surface area contributed by atoms with Gasteiger partial charge in [-0.05, 0) is 97.1 Å². The molecule has 0 aliphatic heterocycles. The van der Waals surface area contributed by atoms with Gasteiger partial charge in [0, 0.05) is 21.1 Å². The summed E-state index contributed by atoms with van der Waals surface area (Å²) < 4.78 is 4.07. The maximum Gasteiger partial charge on any atom is 0.144 e. The first-order valence-electron chi connectivity index (χ1n) is 18.7.